The molecule has 0 aliphatic heterocycles. The molecule has 0 amide bonds. The molecule has 0 saturated carbocycles. The molecule has 1 unspecified atom stereocenters. The number of benzene rings is 2. The molecule has 0 spiro atoms. The largest absolute Gasteiger partial charge is 0.392 e. The van der Waals surface area contributed by atoms with E-state index in [1.54, 1.807) is 12.1 Å². The highest BCUT2D eigenvalue weighted by atomic mass is 16.6. The number of nitro groups is 1. The number of nitro benzene ring substituents is 1. The monoisotopic (exact) mass is 286 g/mol. The van der Waals surface area contributed by atoms with Crippen molar-refractivity contribution < 1.29 is 10.0 Å². The smallest absolute Gasteiger partial charge is 0.269 e. The van der Waals surface area contributed by atoms with Gasteiger partial charge in [-0.05, 0) is 23.6 Å². The van der Waals surface area contributed by atoms with E-state index in [4.69, 9.17) is 5.11 Å². The second kappa shape index (κ2) is 6.97. The Balaban J connectivity index is 1.96. The van der Waals surface area contributed by atoms with Crippen LogP contribution in [0.2, 0.25) is 0 Å². The van der Waals surface area contributed by atoms with Gasteiger partial charge in [-0.1, -0.05) is 36.4 Å². The number of rotatable bonds is 6. The molecule has 1 atom stereocenters. The van der Waals surface area contributed by atoms with Gasteiger partial charge in [-0.15, -0.1) is 0 Å². The highest BCUT2D eigenvalue weighted by Crippen LogP contribution is 2.16. The van der Waals surface area contributed by atoms with Crippen molar-refractivity contribution in [2.24, 2.45) is 0 Å². The minimum atomic E-state index is -0.403. The molecule has 2 aromatic carbocycles. The fourth-order valence-electron chi connectivity index (χ4n) is 2.09. The lowest BCUT2D eigenvalue weighted by Crippen LogP contribution is -2.18. The Morgan fingerprint density at radius 3 is 2.52 bits per heavy atom. The van der Waals surface area contributed by atoms with Crippen molar-refractivity contribution in [2.75, 3.05) is 0 Å². The maximum Gasteiger partial charge on any atom is 0.269 e. The van der Waals surface area contributed by atoms with Gasteiger partial charge < -0.3 is 10.4 Å². The molecule has 0 aliphatic carbocycles. The summed E-state index contributed by atoms with van der Waals surface area (Å²) in [5.41, 5.74) is 3.08. The maximum atomic E-state index is 10.6. The molecule has 2 aromatic rings. The van der Waals surface area contributed by atoms with Gasteiger partial charge in [-0.2, -0.15) is 0 Å². The predicted octanol–water partition coefficient (Wildman–Crippen LogP) is 2.94. The molecule has 5 heteroatoms. The molecule has 0 radical (unpaired) electrons. The van der Waals surface area contributed by atoms with Gasteiger partial charge in [0.1, 0.15) is 0 Å². The number of aliphatic hydroxyl groups excluding tert-OH is 1. The Bertz CT molecular complexity index is 611. The van der Waals surface area contributed by atoms with Crippen LogP contribution in [0.5, 0.6) is 0 Å². The van der Waals surface area contributed by atoms with Gasteiger partial charge in [0.15, 0.2) is 0 Å². The van der Waals surface area contributed by atoms with E-state index >= 15 is 0 Å². The average molecular weight is 286 g/mol. The third-order valence-corrected chi connectivity index (χ3v) is 3.39. The molecular formula is C16H18N2O3. The number of hydrogen-bond acceptors (Lipinski definition) is 4. The summed E-state index contributed by atoms with van der Waals surface area (Å²) in [6, 6.07) is 14.4. The zero-order valence-electron chi connectivity index (χ0n) is 11.8. The minimum absolute atomic E-state index is 0.0307. The first-order valence-electron chi connectivity index (χ1n) is 6.76. The third kappa shape index (κ3) is 4.11. The number of aliphatic hydroxyl groups is 1. The summed E-state index contributed by atoms with van der Waals surface area (Å²) in [5.74, 6) is 0. The summed E-state index contributed by atoms with van der Waals surface area (Å²) in [6.45, 7) is 2.70. The SMILES string of the molecule is CC(NCc1ccc([N+](=O)[O-])cc1)c1cccc(CO)c1. The fourth-order valence-corrected chi connectivity index (χ4v) is 2.09. The van der Waals surface area contributed by atoms with Crippen molar-refractivity contribution in [3.05, 3.63) is 75.3 Å². The third-order valence-electron chi connectivity index (χ3n) is 3.39. The second-order valence-corrected chi connectivity index (χ2v) is 4.93. The van der Waals surface area contributed by atoms with Gasteiger partial charge in [0, 0.05) is 24.7 Å². The molecular weight excluding hydrogens is 268 g/mol. The molecule has 0 bridgehead atoms. The maximum absolute atomic E-state index is 10.6. The number of nitrogens with zero attached hydrogens (tertiary/aromatic N) is 1. The Hall–Kier alpha value is -2.24. The van der Waals surface area contributed by atoms with Crippen LogP contribution < -0.4 is 5.32 Å². The summed E-state index contributed by atoms with van der Waals surface area (Å²) >= 11 is 0. The first-order valence-corrected chi connectivity index (χ1v) is 6.76. The van der Waals surface area contributed by atoms with E-state index in [2.05, 4.69) is 5.32 Å². The lowest BCUT2D eigenvalue weighted by Gasteiger charge is -2.15. The molecule has 0 fully saturated rings. The topological polar surface area (TPSA) is 75.4 Å². The molecule has 2 N–H and O–H groups in total. The molecule has 0 saturated heterocycles. The van der Waals surface area contributed by atoms with E-state index in [1.165, 1.54) is 12.1 Å². The molecule has 21 heavy (non-hydrogen) atoms. The van der Waals surface area contributed by atoms with Crippen LogP contribution in [0, 0.1) is 10.1 Å². The van der Waals surface area contributed by atoms with E-state index in [9.17, 15) is 10.1 Å². The van der Waals surface area contributed by atoms with Crippen LogP contribution in [-0.2, 0) is 13.2 Å². The summed E-state index contributed by atoms with van der Waals surface area (Å²) in [5, 5.41) is 23.1. The Labute approximate surface area is 123 Å². The van der Waals surface area contributed by atoms with E-state index in [1.807, 2.05) is 31.2 Å². The quantitative estimate of drug-likeness (QED) is 0.632. The Kier molecular flexibility index (Phi) is 5.03. The van der Waals surface area contributed by atoms with Crippen LogP contribution in [0.15, 0.2) is 48.5 Å². The lowest BCUT2D eigenvalue weighted by molar-refractivity contribution is -0.384. The van der Waals surface area contributed by atoms with Gasteiger partial charge in [0.05, 0.1) is 11.5 Å². The first-order chi connectivity index (χ1) is 10.1. The average Bonchev–Trinajstić information content (AvgIpc) is 2.53. The highest BCUT2D eigenvalue weighted by Gasteiger charge is 2.07. The molecule has 110 valence electrons. The predicted molar refractivity (Wildman–Crippen MR) is 80.7 cm³/mol. The normalized spacial score (nSPS) is 12.1. The summed E-state index contributed by atoms with van der Waals surface area (Å²) in [4.78, 5) is 10.2. The summed E-state index contributed by atoms with van der Waals surface area (Å²) in [6.07, 6.45) is 0. The first kappa shape index (κ1) is 15.2. The lowest BCUT2D eigenvalue weighted by atomic mass is 10.1. The highest BCUT2D eigenvalue weighted by molar-refractivity contribution is 5.33. The van der Waals surface area contributed by atoms with Crippen molar-refractivity contribution in [3.8, 4) is 0 Å². The van der Waals surface area contributed by atoms with E-state index in [0.29, 0.717) is 6.54 Å². The standard InChI is InChI=1S/C16H18N2O3/c1-12(15-4-2-3-14(9-15)11-19)17-10-13-5-7-16(8-6-13)18(20)21/h2-9,12,17,19H,10-11H2,1H3. The zero-order valence-corrected chi connectivity index (χ0v) is 11.8. The molecule has 5 nitrogen and oxygen atoms in total. The Morgan fingerprint density at radius 2 is 1.90 bits per heavy atom. The van der Waals surface area contributed by atoms with E-state index in [0.717, 1.165) is 16.7 Å². The number of non-ortho nitro benzene ring substituents is 1. The van der Waals surface area contributed by atoms with Crippen LogP contribution in [0.4, 0.5) is 5.69 Å². The van der Waals surface area contributed by atoms with Gasteiger partial charge in [-0.3, -0.25) is 10.1 Å². The van der Waals surface area contributed by atoms with E-state index in [-0.39, 0.29) is 18.3 Å². The number of nitrogens with one attached hydrogen (secondary N) is 1. The number of hydrogen-bond donors (Lipinski definition) is 2. The molecule has 0 aromatic heterocycles. The van der Waals surface area contributed by atoms with Crippen LogP contribution in [0.1, 0.15) is 29.7 Å². The molecule has 0 heterocycles. The van der Waals surface area contributed by atoms with Crippen molar-refractivity contribution >= 4 is 5.69 Å². The van der Waals surface area contributed by atoms with Gasteiger partial charge in [-0.25, -0.2) is 0 Å². The Morgan fingerprint density at radius 1 is 1.19 bits per heavy atom. The van der Waals surface area contributed by atoms with E-state index < -0.39 is 4.92 Å². The van der Waals surface area contributed by atoms with Gasteiger partial charge in [0.25, 0.3) is 5.69 Å². The van der Waals surface area contributed by atoms with Crippen molar-refractivity contribution in [3.63, 3.8) is 0 Å². The summed E-state index contributed by atoms with van der Waals surface area (Å²) in [7, 11) is 0. The minimum Gasteiger partial charge on any atom is -0.392 e. The second-order valence-electron chi connectivity index (χ2n) is 4.93. The van der Waals surface area contributed by atoms with Gasteiger partial charge >= 0.3 is 0 Å². The van der Waals surface area contributed by atoms with Crippen molar-refractivity contribution in [1.29, 1.82) is 0 Å². The van der Waals surface area contributed by atoms with Gasteiger partial charge in [0.2, 0.25) is 0 Å². The molecule has 2 rings (SSSR count). The van der Waals surface area contributed by atoms with Crippen molar-refractivity contribution in [2.45, 2.75) is 26.1 Å². The van der Waals surface area contributed by atoms with Crippen LogP contribution in [-0.4, -0.2) is 10.0 Å². The molecule has 0 aliphatic rings. The fraction of sp³-hybridized carbons (Fsp3) is 0.250. The summed E-state index contributed by atoms with van der Waals surface area (Å²) < 4.78 is 0. The van der Waals surface area contributed by atoms with Crippen LogP contribution in [0.25, 0.3) is 0 Å². The van der Waals surface area contributed by atoms with Crippen molar-refractivity contribution in [1.82, 2.24) is 5.32 Å². The van der Waals surface area contributed by atoms with Crippen LogP contribution >= 0.6 is 0 Å². The zero-order chi connectivity index (χ0) is 15.2. The van der Waals surface area contributed by atoms with Crippen LogP contribution in [0.3, 0.4) is 0 Å².